The molecule has 1 unspecified atom stereocenters. The molecule has 0 amide bonds. The number of likely N-dealkylation sites (tertiary alicyclic amines) is 1. The fraction of sp³-hybridized carbons (Fsp3) is 0.625. The topological polar surface area (TPSA) is 36.4 Å². The number of β-amino-alcohol motifs (C(OH)–C–C–N with tert-alkyl or cyclic N) is 1. The number of hydrogen-bond acceptors (Lipinski definition) is 4. The van der Waals surface area contributed by atoms with Crippen molar-refractivity contribution in [3.8, 4) is 0 Å². The zero-order chi connectivity index (χ0) is 9.26. The molecule has 13 heavy (non-hydrogen) atoms. The number of hydrogen-bond donors (Lipinski definition) is 1. The molecule has 2 rings (SSSR count). The van der Waals surface area contributed by atoms with E-state index in [2.05, 4.69) is 9.88 Å². The van der Waals surface area contributed by atoms with Crippen LogP contribution in [0.2, 0.25) is 4.47 Å². The molecule has 1 aromatic rings. The van der Waals surface area contributed by atoms with E-state index in [1.54, 1.807) is 0 Å². The molecular weight excluding hydrogens is 208 g/mol. The average molecular weight is 219 g/mol. The van der Waals surface area contributed by atoms with Gasteiger partial charge in [0, 0.05) is 25.0 Å². The van der Waals surface area contributed by atoms with Crippen molar-refractivity contribution in [2.75, 3.05) is 13.1 Å². The SMILES string of the molecule is OC1CCN(Cc2csc(Cl)n2)C1. The molecule has 0 saturated carbocycles. The Hall–Kier alpha value is -0.160. The molecule has 0 aromatic carbocycles. The van der Waals surface area contributed by atoms with Crippen molar-refractivity contribution >= 4 is 22.9 Å². The molecule has 3 nitrogen and oxygen atoms in total. The third-order valence-corrected chi connectivity index (χ3v) is 3.18. The van der Waals surface area contributed by atoms with E-state index in [4.69, 9.17) is 11.6 Å². The Bertz CT molecular complexity index is 291. The maximum absolute atomic E-state index is 9.30. The Labute approximate surface area is 86.0 Å². The zero-order valence-corrected chi connectivity index (χ0v) is 8.68. The average Bonchev–Trinajstić information content (AvgIpc) is 2.62. The highest BCUT2D eigenvalue weighted by Gasteiger charge is 2.20. The highest BCUT2D eigenvalue weighted by molar-refractivity contribution is 7.13. The first-order chi connectivity index (χ1) is 6.24. The molecule has 0 spiro atoms. The minimum absolute atomic E-state index is 0.158. The molecule has 72 valence electrons. The van der Waals surface area contributed by atoms with Crippen molar-refractivity contribution in [3.05, 3.63) is 15.5 Å². The van der Waals surface area contributed by atoms with Crippen LogP contribution in [0.3, 0.4) is 0 Å². The predicted octanol–water partition coefficient (Wildman–Crippen LogP) is 1.36. The lowest BCUT2D eigenvalue weighted by Gasteiger charge is -2.12. The van der Waals surface area contributed by atoms with Gasteiger partial charge >= 0.3 is 0 Å². The smallest absolute Gasteiger partial charge is 0.183 e. The van der Waals surface area contributed by atoms with Crippen molar-refractivity contribution in [1.29, 1.82) is 0 Å². The van der Waals surface area contributed by atoms with Crippen molar-refractivity contribution in [1.82, 2.24) is 9.88 Å². The van der Waals surface area contributed by atoms with Gasteiger partial charge in [0.2, 0.25) is 0 Å². The summed E-state index contributed by atoms with van der Waals surface area (Å²) in [6.07, 6.45) is 0.715. The Morgan fingerprint density at radius 1 is 1.77 bits per heavy atom. The second-order valence-corrected chi connectivity index (χ2v) is 4.71. The quantitative estimate of drug-likeness (QED) is 0.815. The summed E-state index contributed by atoms with van der Waals surface area (Å²) >= 11 is 7.17. The van der Waals surface area contributed by atoms with E-state index in [9.17, 15) is 5.11 Å². The molecule has 0 bridgehead atoms. The Morgan fingerprint density at radius 2 is 2.62 bits per heavy atom. The van der Waals surface area contributed by atoms with E-state index in [0.29, 0.717) is 4.47 Å². The summed E-state index contributed by atoms with van der Waals surface area (Å²) in [5.74, 6) is 0. The fourth-order valence-corrected chi connectivity index (χ4v) is 2.31. The molecule has 5 heteroatoms. The molecule has 1 aromatic heterocycles. The van der Waals surface area contributed by atoms with Crippen molar-refractivity contribution < 1.29 is 5.11 Å². The van der Waals surface area contributed by atoms with Gasteiger partial charge in [0.05, 0.1) is 11.8 Å². The number of aliphatic hydroxyl groups excluding tert-OH is 1. The second-order valence-electron chi connectivity index (χ2n) is 3.27. The third-order valence-electron chi connectivity index (χ3n) is 2.16. The second kappa shape index (κ2) is 3.92. The van der Waals surface area contributed by atoms with Gasteiger partial charge in [-0.3, -0.25) is 4.90 Å². The monoisotopic (exact) mass is 218 g/mol. The maximum atomic E-state index is 9.30. The summed E-state index contributed by atoms with van der Waals surface area (Å²) in [6, 6.07) is 0. The van der Waals surface area contributed by atoms with Crippen molar-refractivity contribution in [2.45, 2.75) is 19.1 Å². The van der Waals surface area contributed by atoms with Gasteiger partial charge in [-0.05, 0) is 6.42 Å². The molecule has 1 N–H and O–H groups in total. The van der Waals surface area contributed by atoms with E-state index in [-0.39, 0.29) is 6.10 Å². The largest absolute Gasteiger partial charge is 0.392 e. The first kappa shape index (κ1) is 9.40. The van der Waals surface area contributed by atoms with Crippen LogP contribution in [-0.4, -0.2) is 34.2 Å². The van der Waals surface area contributed by atoms with Crippen molar-refractivity contribution in [2.24, 2.45) is 0 Å². The number of halogens is 1. The van der Waals surface area contributed by atoms with Crippen LogP contribution < -0.4 is 0 Å². The Balaban J connectivity index is 1.91. The summed E-state index contributed by atoms with van der Waals surface area (Å²) in [6.45, 7) is 2.52. The number of rotatable bonds is 2. The summed E-state index contributed by atoms with van der Waals surface area (Å²) in [5.41, 5.74) is 1.00. The van der Waals surface area contributed by atoms with Crippen LogP contribution in [-0.2, 0) is 6.54 Å². The van der Waals surface area contributed by atoms with E-state index in [1.165, 1.54) is 11.3 Å². The van der Waals surface area contributed by atoms with Gasteiger partial charge in [-0.25, -0.2) is 4.98 Å². The summed E-state index contributed by atoms with van der Waals surface area (Å²) in [5, 5.41) is 11.3. The lowest BCUT2D eigenvalue weighted by Crippen LogP contribution is -2.21. The third kappa shape index (κ3) is 2.40. The molecule has 1 aliphatic rings. The summed E-state index contributed by atoms with van der Waals surface area (Å²) < 4.78 is 0.592. The van der Waals surface area contributed by atoms with Crippen molar-refractivity contribution in [3.63, 3.8) is 0 Å². The van der Waals surface area contributed by atoms with Gasteiger partial charge in [0.15, 0.2) is 4.47 Å². The number of aromatic nitrogens is 1. The normalized spacial score (nSPS) is 24.0. The molecular formula is C8H11ClN2OS. The van der Waals surface area contributed by atoms with Gasteiger partial charge in [0.25, 0.3) is 0 Å². The predicted molar refractivity (Wildman–Crippen MR) is 53.0 cm³/mol. The minimum Gasteiger partial charge on any atom is -0.392 e. The van der Waals surface area contributed by atoms with Gasteiger partial charge in [-0.2, -0.15) is 0 Å². The van der Waals surface area contributed by atoms with Crippen LogP contribution in [0.15, 0.2) is 5.38 Å². The summed E-state index contributed by atoms with van der Waals surface area (Å²) in [7, 11) is 0. The molecule has 0 aliphatic carbocycles. The molecule has 1 aliphatic heterocycles. The van der Waals surface area contributed by atoms with Crippen LogP contribution in [0.1, 0.15) is 12.1 Å². The van der Waals surface area contributed by atoms with Gasteiger partial charge in [-0.15, -0.1) is 11.3 Å². The van der Waals surface area contributed by atoms with Crippen LogP contribution in [0.4, 0.5) is 0 Å². The molecule has 1 fully saturated rings. The van der Waals surface area contributed by atoms with Crippen LogP contribution >= 0.6 is 22.9 Å². The fourth-order valence-electron chi connectivity index (χ4n) is 1.54. The highest BCUT2D eigenvalue weighted by Crippen LogP contribution is 2.18. The maximum Gasteiger partial charge on any atom is 0.183 e. The van der Waals surface area contributed by atoms with E-state index in [0.717, 1.165) is 31.7 Å². The standard InChI is InChI=1S/C8H11ClN2OS/c9-8-10-6(5-13-8)3-11-2-1-7(12)4-11/h5,7,12H,1-4H2. The van der Waals surface area contributed by atoms with E-state index in [1.807, 2.05) is 5.38 Å². The van der Waals surface area contributed by atoms with Crippen LogP contribution in [0.25, 0.3) is 0 Å². The van der Waals surface area contributed by atoms with Gasteiger partial charge in [-0.1, -0.05) is 11.6 Å². The first-order valence-corrected chi connectivity index (χ1v) is 5.50. The minimum atomic E-state index is -0.158. The lowest BCUT2D eigenvalue weighted by molar-refractivity contribution is 0.174. The molecule has 2 heterocycles. The van der Waals surface area contributed by atoms with E-state index >= 15 is 0 Å². The zero-order valence-electron chi connectivity index (χ0n) is 7.11. The Morgan fingerprint density at radius 3 is 3.15 bits per heavy atom. The van der Waals surface area contributed by atoms with Crippen LogP contribution in [0, 0.1) is 0 Å². The molecule has 0 radical (unpaired) electrons. The Kier molecular flexibility index (Phi) is 2.83. The lowest BCUT2D eigenvalue weighted by atomic mass is 10.3. The number of thiazole rings is 1. The van der Waals surface area contributed by atoms with Gasteiger partial charge < -0.3 is 5.11 Å². The summed E-state index contributed by atoms with van der Waals surface area (Å²) in [4.78, 5) is 6.35. The number of aliphatic hydroxyl groups is 1. The van der Waals surface area contributed by atoms with E-state index < -0.39 is 0 Å². The molecule has 1 saturated heterocycles. The number of nitrogens with zero attached hydrogens (tertiary/aromatic N) is 2. The molecule has 1 atom stereocenters. The van der Waals surface area contributed by atoms with Gasteiger partial charge in [0.1, 0.15) is 0 Å². The first-order valence-electron chi connectivity index (χ1n) is 4.24. The highest BCUT2D eigenvalue weighted by atomic mass is 35.5. The van der Waals surface area contributed by atoms with Crippen LogP contribution in [0.5, 0.6) is 0 Å².